The Morgan fingerprint density at radius 3 is 2.60 bits per heavy atom. The van der Waals surface area contributed by atoms with Crippen LogP contribution in [0.3, 0.4) is 0 Å². The molecule has 0 bridgehead atoms. The summed E-state index contributed by atoms with van der Waals surface area (Å²) in [5.41, 5.74) is 1.23. The second-order valence-corrected chi connectivity index (χ2v) is 5.19. The number of aromatic nitrogens is 1. The first kappa shape index (κ1) is 14.6. The summed E-state index contributed by atoms with van der Waals surface area (Å²) in [5, 5.41) is 3.74. The number of anilines is 1. The molecule has 20 heavy (non-hydrogen) atoms. The summed E-state index contributed by atoms with van der Waals surface area (Å²) in [7, 11) is 0. The fourth-order valence-corrected chi connectivity index (χ4v) is 2.14. The van der Waals surface area contributed by atoms with E-state index < -0.39 is 0 Å². The molecule has 0 spiro atoms. The number of nitrogens with zero attached hydrogens (tertiary/aromatic N) is 1. The predicted molar refractivity (Wildman–Crippen MR) is 80.5 cm³/mol. The molecule has 2 aromatic rings. The minimum absolute atomic E-state index is 0.0958. The quantitative estimate of drug-likeness (QED) is 0.947. The third kappa shape index (κ3) is 3.62. The molecule has 1 heterocycles. The molecule has 2 rings (SSSR count). The van der Waals surface area contributed by atoms with Crippen LogP contribution in [0.5, 0.6) is 0 Å². The Labute approximate surface area is 125 Å². The lowest BCUT2D eigenvalue weighted by molar-refractivity contribution is -0.116. The average Bonchev–Trinajstić information content (AvgIpc) is 2.37. The van der Waals surface area contributed by atoms with Gasteiger partial charge in [0.15, 0.2) is 0 Å². The van der Waals surface area contributed by atoms with Gasteiger partial charge in [0.05, 0.1) is 5.02 Å². The van der Waals surface area contributed by atoms with Crippen molar-refractivity contribution in [2.24, 2.45) is 0 Å². The van der Waals surface area contributed by atoms with Crippen LogP contribution < -0.4 is 10.9 Å². The van der Waals surface area contributed by atoms with Crippen molar-refractivity contribution in [2.45, 2.75) is 13.5 Å². The number of nitrogens with one attached hydrogen (secondary N) is 1. The van der Waals surface area contributed by atoms with Crippen molar-refractivity contribution >= 4 is 34.8 Å². The third-order valence-corrected chi connectivity index (χ3v) is 3.18. The molecule has 104 valence electrons. The van der Waals surface area contributed by atoms with Crippen molar-refractivity contribution in [3.8, 4) is 0 Å². The Kier molecular flexibility index (Phi) is 4.47. The van der Waals surface area contributed by atoms with E-state index >= 15 is 0 Å². The van der Waals surface area contributed by atoms with Gasteiger partial charge in [-0.2, -0.15) is 0 Å². The average molecular weight is 311 g/mol. The number of pyridine rings is 1. The van der Waals surface area contributed by atoms with E-state index in [1.807, 2.05) is 6.92 Å². The van der Waals surface area contributed by atoms with Gasteiger partial charge in [0, 0.05) is 23.0 Å². The minimum atomic E-state index is -0.306. The summed E-state index contributed by atoms with van der Waals surface area (Å²) in [5.74, 6) is -0.306. The summed E-state index contributed by atoms with van der Waals surface area (Å²) < 4.78 is 1.25. The Morgan fingerprint density at radius 1 is 1.20 bits per heavy atom. The monoisotopic (exact) mass is 310 g/mol. The molecule has 1 N–H and O–H groups in total. The number of hydrogen-bond acceptors (Lipinski definition) is 2. The molecule has 4 nitrogen and oxygen atoms in total. The van der Waals surface area contributed by atoms with E-state index in [0.717, 1.165) is 5.56 Å². The van der Waals surface area contributed by atoms with Gasteiger partial charge in [-0.1, -0.05) is 23.2 Å². The number of hydrogen-bond donors (Lipinski definition) is 1. The lowest BCUT2D eigenvalue weighted by Gasteiger charge is -2.10. The lowest BCUT2D eigenvalue weighted by Crippen LogP contribution is -2.26. The van der Waals surface area contributed by atoms with E-state index in [4.69, 9.17) is 23.2 Å². The van der Waals surface area contributed by atoms with Gasteiger partial charge in [0.25, 0.3) is 5.56 Å². The zero-order valence-corrected chi connectivity index (χ0v) is 12.2. The number of aryl methyl sites for hydroxylation is 1. The maximum absolute atomic E-state index is 11.9. The van der Waals surface area contributed by atoms with Gasteiger partial charge in [-0.25, -0.2) is 0 Å². The molecule has 1 aromatic heterocycles. The number of carbonyl (C=O) groups excluding carboxylic acids is 1. The first-order valence-electron chi connectivity index (χ1n) is 5.88. The zero-order chi connectivity index (χ0) is 14.7. The summed E-state index contributed by atoms with van der Waals surface area (Å²) in [6.45, 7) is 1.74. The van der Waals surface area contributed by atoms with E-state index in [2.05, 4.69) is 5.32 Å². The van der Waals surface area contributed by atoms with Gasteiger partial charge < -0.3 is 9.88 Å². The van der Waals surface area contributed by atoms with Gasteiger partial charge in [0.1, 0.15) is 6.54 Å². The van der Waals surface area contributed by atoms with Crippen LogP contribution in [-0.4, -0.2) is 10.5 Å². The molecule has 0 saturated heterocycles. The van der Waals surface area contributed by atoms with Gasteiger partial charge in [0.2, 0.25) is 5.91 Å². The third-order valence-electron chi connectivity index (χ3n) is 2.72. The zero-order valence-electron chi connectivity index (χ0n) is 10.7. The maximum atomic E-state index is 11.9. The van der Waals surface area contributed by atoms with Crippen molar-refractivity contribution in [1.82, 2.24) is 4.57 Å². The van der Waals surface area contributed by atoms with Crippen molar-refractivity contribution in [3.63, 3.8) is 0 Å². The molecule has 0 saturated carbocycles. The number of amides is 1. The number of rotatable bonds is 3. The van der Waals surface area contributed by atoms with Crippen LogP contribution in [0, 0.1) is 6.92 Å². The van der Waals surface area contributed by atoms with Crippen molar-refractivity contribution in [1.29, 1.82) is 0 Å². The molecule has 1 amide bonds. The van der Waals surface area contributed by atoms with Crippen molar-refractivity contribution < 1.29 is 4.79 Å². The van der Waals surface area contributed by atoms with Gasteiger partial charge in [-0.15, -0.1) is 0 Å². The largest absolute Gasteiger partial charge is 0.324 e. The normalized spacial score (nSPS) is 10.3. The van der Waals surface area contributed by atoms with Crippen LogP contribution in [0.2, 0.25) is 10.0 Å². The molecule has 6 heteroatoms. The Hall–Kier alpha value is -1.78. The highest BCUT2D eigenvalue weighted by Crippen LogP contribution is 2.19. The molecule has 0 atom stereocenters. The Morgan fingerprint density at radius 2 is 1.90 bits per heavy atom. The molecule has 0 unspecified atom stereocenters. The topological polar surface area (TPSA) is 51.1 Å². The molecule has 0 fully saturated rings. The van der Waals surface area contributed by atoms with Crippen LogP contribution in [0.4, 0.5) is 5.69 Å². The van der Waals surface area contributed by atoms with E-state index in [-0.39, 0.29) is 18.0 Å². The number of benzene rings is 1. The summed E-state index contributed by atoms with van der Waals surface area (Å²) in [6.07, 6.45) is 1.43. The SMILES string of the molecule is Cc1cc(Cl)ccc1NC(=O)Cn1cc(Cl)ccc1=O. The van der Waals surface area contributed by atoms with Crippen LogP contribution in [0.25, 0.3) is 0 Å². The van der Waals surface area contributed by atoms with Crippen LogP contribution in [0.15, 0.2) is 41.3 Å². The second-order valence-electron chi connectivity index (χ2n) is 4.32. The fraction of sp³-hybridized carbons (Fsp3) is 0.143. The van der Waals surface area contributed by atoms with E-state index in [0.29, 0.717) is 15.7 Å². The predicted octanol–water partition coefficient (Wildman–Crippen LogP) is 3.10. The van der Waals surface area contributed by atoms with E-state index in [9.17, 15) is 9.59 Å². The molecule has 0 aliphatic carbocycles. The molecule has 0 radical (unpaired) electrons. The molecule has 0 aliphatic heterocycles. The van der Waals surface area contributed by atoms with E-state index in [1.165, 1.54) is 22.9 Å². The number of carbonyl (C=O) groups is 1. The van der Waals surface area contributed by atoms with Gasteiger partial charge in [-0.05, 0) is 36.8 Å². The minimum Gasteiger partial charge on any atom is -0.324 e. The van der Waals surface area contributed by atoms with Crippen LogP contribution >= 0.6 is 23.2 Å². The van der Waals surface area contributed by atoms with Crippen LogP contribution in [-0.2, 0) is 11.3 Å². The van der Waals surface area contributed by atoms with Crippen molar-refractivity contribution in [3.05, 3.63) is 62.5 Å². The molecule has 0 aliphatic rings. The molecular weight excluding hydrogens is 299 g/mol. The number of halogens is 2. The summed E-state index contributed by atoms with van der Waals surface area (Å²) in [6, 6.07) is 7.97. The molecular formula is C14H12Cl2N2O2. The molecule has 1 aromatic carbocycles. The fourth-order valence-electron chi connectivity index (χ4n) is 1.74. The van der Waals surface area contributed by atoms with Crippen LogP contribution in [0.1, 0.15) is 5.56 Å². The highest BCUT2D eigenvalue weighted by molar-refractivity contribution is 6.30. The maximum Gasteiger partial charge on any atom is 0.251 e. The summed E-state index contributed by atoms with van der Waals surface area (Å²) >= 11 is 11.6. The first-order valence-corrected chi connectivity index (χ1v) is 6.63. The standard InChI is InChI=1S/C14H12Cl2N2O2/c1-9-6-10(15)2-4-12(9)17-13(19)8-18-7-11(16)3-5-14(18)20/h2-7H,8H2,1H3,(H,17,19). The highest BCUT2D eigenvalue weighted by Gasteiger charge is 2.07. The van der Waals surface area contributed by atoms with Gasteiger partial charge in [-0.3, -0.25) is 9.59 Å². The Balaban J connectivity index is 2.13. The summed E-state index contributed by atoms with van der Waals surface area (Å²) in [4.78, 5) is 23.5. The smallest absolute Gasteiger partial charge is 0.251 e. The highest BCUT2D eigenvalue weighted by atomic mass is 35.5. The first-order chi connectivity index (χ1) is 9.45. The van der Waals surface area contributed by atoms with Gasteiger partial charge >= 0.3 is 0 Å². The second kappa shape index (κ2) is 6.11. The Bertz CT molecular complexity index is 711. The van der Waals surface area contributed by atoms with E-state index in [1.54, 1.807) is 18.2 Å². The van der Waals surface area contributed by atoms with Crippen molar-refractivity contribution in [2.75, 3.05) is 5.32 Å². The lowest BCUT2D eigenvalue weighted by atomic mass is 10.2.